The minimum Gasteiger partial charge on any atom is -0.376 e. The van der Waals surface area contributed by atoms with Crippen LogP contribution in [0.1, 0.15) is 18.5 Å². The number of halogens is 3. The van der Waals surface area contributed by atoms with Crippen LogP contribution >= 0.6 is 23.2 Å². The summed E-state index contributed by atoms with van der Waals surface area (Å²) in [5, 5.41) is 0.439. The van der Waals surface area contributed by atoms with E-state index in [0.717, 1.165) is 0 Å². The third-order valence-electron chi connectivity index (χ3n) is 4.52. The molecule has 1 aromatic carbocycles. The van der Waals surface area contributed by atoms with Gasteiger partial charge in [-0.2, -0.15) is 0 Å². The highest BCUT2D eigenvalue weighted by atomic mass is 35.5. The Labute approximate surface area is 173 Å². The van der Waals surface area contributed by atoms with Crippen LogP contribution in [0, 0.1) is 5.82 Å². The van der Waals surface area contributed by atoms with Gasteiger partial charge in [0, 0.05) is 36.4 Å². The second kappa shape index (κ2) is 9.02. The molecule has 1 saturated heterocycles. The molecule has 2 aromatic rings. The third-order valence-corrected chi connectivity index (χ3v) is 6.49. The van der Waals surface area contributed by atoms with Gasteiger partial charge in [-0.3, -0.25) is 4.90 Å². The summed E-state index contributed by atoms with van der Waals surface area (Å²) in [5.41, 5.74) is 0.259. The van der Waals surface area contributed by atoms with Crippen molar-refractivity contribution in [3.05, 3.63) is 58.1 Å². The van der Waals surface area contributed by atoms with Crippen molar-refractivity contribution in [3.8, 4) is 0 Å². The second-order valence-corrected chi connectivity index (χ2v) is 9.06. The highest BCUT2D eigenvalue weighted by Gasteiger charge is 2.30. The number of benzene rings is 1. The van der Waals surface area contributed by atoms with Crippen LogP contribution in [0.25, 0.3) is 0 Å². The lowest BCUT2D eigenvalue weighted by molar-refractivity contribution is -0.0342. The van der Waals surface area contributed by atoms with Gasteiger partial charge in [0.25, 0.3) is 0 Å². The first-order chi connectivity index (χ1) is 13.3. The van der Waals surface area contributed by atoms with Crippen molar-refractivity contribution < 1.29 is 17.5 Å². The molecule has 10 heteroatoms. The molecule has 28 heavy (non-hydrogen) atoms. The lowest BCUT2D eigenvalue weighted by Gasteiger charge is -2.38. The van der Waals surface area contributed by atoms with E-state index < -0.39 is 21.9 Å². The molecule has 1 aliphatic heterocycles. The SMILES string of the molecule is CC1CN(C(CNS(=O)(=O)c2ccc(Cl)nc2)c2c(F)cccc2Cl)CCO1. The van der Waals surface area contributed by atoms with Crippen LogP contribution in [-0.4, -0.2) is 50.6 Å². The van der Waals surface area contributed by atoms with Gasteiger partial charge in [0.2, 0.25) is 10.0 Å². The van der Waals surface area contributed by atoms with E-state index >= 15 is 0 Å². The third kappa shape index (κ3) is 5.00. The summed E-state index contributed by atoms with van der Waals surface area (Å²) in [4.78, 5) is 5.75. The molecule has 1 aliphatic rings. The zero-order valence-corrected chi connectivity index (χ0v) is 17.4. The summed E-state index contributed by atoms with van der Waals surface area (Å²) in [6, 6.07) is 6.59. The smallest absolute Gasteiger partial charge is 0.242 e. The molecule has 0 amide bonds. The molecule has 1 N–H and O–H groups in total. The molecular weight excluding hydrogens is 428 g/mol. The molecule has 2 heterocycles. The van der Waals surface area contributed by atoms with Crippen molar-refractivity contribution in [2.45, 2.75) is 24.0 Å². The zero-order chi connectivity index (χ0) is 20.3. The molecule has 0 bridgehead atoms. The summed E-state index contributed by atoms with van der Waals surface area (Å²) in [6.07, 6.45) is 1.12. The lowest BCUT2D eigenvalue weighted by atomic mass is 10.0. The molecule has 2 atom stereocenters. The zero-order valence-electron chi connectivity index (χ0n) is 15.1. The largest absolute Gasteiger partial charge is 0.376 e. The molecule has 0 radical (unpaired) electrons. The number of rotatable bonds is 6. The second-order valence-electron chi connectivity index (χ2n) is 6.50. The molecule has 152 valence electrons. The van der Waals surface area contributed by atoms with Crippen molar-refractivity contribution >= 4 is 33.2 Å². The van der Waals surface area contributed by atoms with Gasteiger partial charge in [0.05, 0.1) is 18.8 Å². The first-order valence-electron chi connectivity index (χ1n) is 8.68. The number of ether oxygens (including phenoxy) is 1. The van der Waals surface area contributed by atoms with Crippen LogP contribution in [0.15, 0.2) is 41.4 Å². The Morgan fingerprint density at radius 1 is 1.36 bits per heavy atom. The highest BCUT2D eigenvalue weighted by Crippen LogP contribution is 2.31. The molecule has 2 unspecified atom stereocenters. The van der Waals surface area contributed by atoms with Gasteiger partial charge >= 0.3 is 0 Å². The minimum atomic E-state index is -3.85. The molecular formula is C18H20Cl2FN3O3S. The van der Waals surface area contributed by atoms with E-state index in [0.29, 0.717) is 19.7 Å². The number of sulfonamides is 1. The van der Waals surface area contributed by atoms with Crippen molar-refractivity contribution in [3.63, 3.8) is 0 Å². The van der Waals surface area contributed by atoms with E-state index in [2.05, 4.69) is 9.71 Å². The fraction of sp³-hybridized carbons (Fsp3) is 0.389. The number of nitrogens with one attached hydrogen (secondary N) is 1. The average Bonchev–Trinajstić information content (AvgIpc) is 2.64. The number of hydrogen-bond donors (Lipinski definition) is 1. The Morgan fingerprint density at radius 3 is 2.79 bits per heavy atom. The van der Waals surface area contributed by atoms with E-state index in [1.54, 1.807) is 6.07 Å². The van der Waals surface area contributed by atoms with Crippen LogP contribution in [-0.2, 0) is 14.8 Å². The van der Waals surface area contributed by atoms with Crippen molar-refractivity contribution in [1.29, 1.82) is 0 Å². The number of morpholine rings is 1. The number of nitrogens with zero attached hydrogens (tertiary/aromatic N) is 2. The predicted molar refractivity (Wildman–Crippen MR) is 106 cm³/mol. The minimum absolute atomic E-state index is 0.0226. The number of pyridine rings is 1. The molecule has 6 nitrogen and oxygen atoms in total. The molecule has 0 saturated carbocycles. The van der Waals surface area contributed by atoms with Gasteiger partial charge in [-0.05, 0) is 31.2 Å². The van der Waals surface area contributed by atoms with Crippen LogP contribution < -0.4 is 4.72 Å². The number of hydrogen-bond acceptors (Lipinski definition) is 5. The summed E-state index contributed by atoms with van der Waals surface area (Å²) < 4.78 is 48.0. The van der Waals surface area contributed by atoms with Crippen LogP contribution in [0.4, 0.5) is 4.39 Å². The monoisotopic (exact) mass is 447 g/mol. The average molecular weight is 448 g/mol. The Kier molecular flexibility index (Phi) is 6.90. The van der Waals surface area contributed by atoms with Crippen LogP contribution in [0.2, 0.25) is 10.2 Å². The van der Waals surface area contributed by atoms with Gasteiger partial charge in [-0.25, -0.2) is 22.5 Å². The topological polar surface area (TPSA) is 71.5 Å². The van der Waals surface area contributed by atoms with Gasteiger partial charge in [0.1, 0.15) is 15.9 Å². The van der Waals surface area contributed by atoms with E-state index in [4.69, 9.17) is 27.9 Å². The van der Waals surface area contributed by atoms with Crippen LogP contribution in [0.5, 0.6) is 0 Å². The van der Waals surface area contributed by atoms with Gasteiger partial charge in [-0.1, -0.05) is 29.3 Å². The fourth-order valence-electron chi connectivity index (χ4n) is 3.16. The van der Waals surface area contributed by atoms with E-state index in [9.17, 15) is 12.8 Å². The van der Waals surface area contributed by atoms with Crippen molar-refractivity contribution in [2.75, 3.05) is 26.2 Å². The normalized spacial score (nSPS) is 19.5. The number of aromatic nitrogens is 1. The van der Waals surface area contributed by atoms with E-state index in [1.165, 1.54) is 30.5 Å². The Balaban J connectivity index is 1.88. The molecule has 1 aromatic heterocycles. The summed E-state index contributed by atoms with van der Waals surface area (Å²) in [6.45, 7) is 3.38. The Hall–Kier alpha value is -1.29. The maximum atomic E-state index is 14.6. The van der Waals surface area contributed by atoms with Gasteiger partial charge in [-0.15, -0.1) is 0 Å². The molecule has 1 fully saturated rings. The first-order valence-corrected chi connectivity index (χ1v) is 10.9. The molecule has 0 aliphatic carbocycles. The maximum absolute atomic E-state index is 14.6. The van der Waals surface area contributed by atoms with Gasteiger partial charge < -0.3 is 4.74 Å². The standard InChI is InChI=1S/C18H20Cl2FN3O3S/c1-12-11-24(7-8-27-12)16(18-14(19)3-2-4-15(18)21)10-23-28(25,26)13-5-6-17(20)22-9-13/h2-6,9,12,16,23H,7-8,10-11H2,1H3. The first kappa shape index (κ1) is 21.4. The quantitative estimate of drug-likeness (QED) is 0.687. The lowest BCUT2D eigenvalue weighted by Crippen LogP contribution is -2.46. The fourth-order valence-corrected chi connectivity index (χ4v) is 4.55. The summed E-state index contributed by atoms with van der Waals surface area (Å²) in [5.74, 6) is -0.482. The Morgan fingerprint density at radius 2 is 2.14 bits per heavy atom. The summed E-state index contributed by atoms with van der Waals surface area (Å²) >= 11 is 12.0. The highest BCUT2D eigenvalue weighted by molar-refractivity contribution is 7.89. The van der Waals surface area contributed by atoms with E-state index in [-0.39, 0.29) is 33.3 Å². The summed E-state index contributed by atoms with van der Waals surface area (Å²) in [7, 11) is -3.85. The van der Waals surface area contributed by atoms with Crippen molar-refractivity contribution in [1.82, 2.24) is 14.6 Å². The molecule has 3 rings (SSSR count). The predicted octanol–water partition coefficient (Wildman–Crippen LogP) is 3.27. The van der Waals surface area contributed by atoms with Gasteiger partial charge in [0.15, 0.2) is 0 Å². The van der Waals surface area contributed by atoms with E-state index in [1.807, 2.05) is 11.8 Å². The van der Waals surface area contributed by atoms with Crippen molar-refractivity contribution in [2.24, 2.45) is 0 Å². The maximum Gasteiger partial charge on any atom is 0.242 e. The molecule has 0 spiro atoms. The Bertz CT molecular complexity index is 908. The van der Waals surface area contributed by atoms with Crippen LogP contribution in [0.3, 0.4) is 0 Å².